The van der Waals surface area contributed by atoms with Crippen LogP contribution >= 0.6 is 11.6 Å². The second-order valence-corrected chi connectivity index (χ2v) is 5.23. The number of carbonyl (C=O) groups is 1. The van der Waals surface area contributed by atoms with Gasteiger partial charge in [0.15, 0.2) is 18.1 Å². The molecule has 25 heavy (non-hydrogen) atoms. The third kappa shape index (κ3) is 5.09. The fourth-order valence-corrected chi connectivity index (χ4v) is 2.29. The van der Waals surface area contributed by atoms with Crippen molar-refractivity contribution in [2.75, 3.05) is 18.5 Å². The molecule has 2 rings (SSSR count). The van der Waals surface area contributed by atoms with Crippen molar-refractivity contribution < 1.29 is 23.9 Å². The highest BCUT2D eigenvalue weighted by atomic mass is 35.5. The lowest BCUT2D eigenvalue weighted by molar-refractivity contribution is -0.118. The van der Waals surface area contributed by atoms with Crippen molar-refractivity contribution in [3.63, 3.8) is 0 Å². The quantitative estimate of drug-likeness (QED) is 0.445. The highest BCUT2D eigenvalue weighted by Gasteiger charge is 2.15. The number of para-hydroxylation sites is 1. The van der Waals surface area contributed by atoms with Crippen molar-refractivity contribution in [1.82, 2.24) is 0 Å². The molecule has 0 saturated carbocycles. The lowest BCUT2D eigenvalue weighted by Crippen LogP contribution is -2.21. The van der Waals surface area contributed by atoms with Crippen molar-refractivity contribution in [2.24, 2.45) is 5.16 Å². The first kappa shape index (κ1) is 18.5. The summed E-state index contributed by atoms with van der Waals surface area (Å²) in [6.45, 7) is 1.73. The molecule has 8 heteroatoms. The van der Waals surface area contributed by atoms with Crippen molar-refractivity contribution in [3.05, 3.63) is 52.8 Å². The van der Waals surface area contributed by atoms with Crippen LogP contribution in [-0.2, 0) is 4.79 Å². The van der Waals surface area contributed by atoms with Gasteiger partial charge in [0.05, 0.1) is 23.5 Å². The number of anilines is 1. The van der Waals surface area contributed by atoms with Crippen LogP contribution in [0.3, 0.4) is 0 Å². The van der Waals surface area contributed by atoms with E-state index in [0.29, 0.717) is 17.9 Å². The second kappa shape index (κ2) is 8.89. The summed E-state index contributed by atoms with van der Waals surface area (Å²) < 4.78 is 24.4. The summed E-state index contributed by atoms with van der Waals surface area (Å²) in [6, 6.07) is 8.85. The van der Waals surface area contributed by atoms with Crippen LogP contribution in [0.1, 0.15) is 12.5 Å². The molecule has 0 fully saturated rings. The molecule has 0 aliphatic heterocycles. The van der Waals surface area contributed by atoms with E-state index in [2.05, 4.69) is 10.5 Å². The Morgan fingerprint density at radius 1 is 1.36 bits per heavy atom. The van der Waals surface area contributed by atoms with Crippen LogP contribution in [0.5, 0.6) is 11.5 Å². The third-order valence-electron chi connectivity index (χ3n) is 3.03. The molecule has 0 spiro atoms. The highest BCUT2D eigenvalue weighted by Crippen LogP contribution is 2.36. The van der Waals surface area contributed by atoms with Gasteiger partial charge in [-0.25, -0.2) is 4.39 Å². The fraction of sp³-hybridized carbons (Fsp3) is 0.176. The zero-order chi connectivity index (χ0) is 18.2. The predicted molar refractivity (Wildman–Crippen MR) is 92.5 cm³/mol. The zero-order valence-corrected chi connectivity index (χ0v) is 14.1. The molecule has 0 aliphatic rings. The minimum absolute atomic E-state index is 0.0572. The van der Waals surface area contributed by atoms with E-state index >= 15 is 0 Å². The molecule has 132 valence electrons. The van der Waals surface area contributed by atoms with Gasteiger partial charge in [0.1, 0.15) is 5.82 Å². The molecule has 6 nitrogen and oxygen atoms in total. The lowest BCUT2D eigenvalue weighted by atomic mass is 10.2. The van der Waals surface area contributed by atoms with Crippen molar-refractivity contribution >= 4 is 29.4 Å². The van der Waals surface area contributed by atoms with E-state index < -0.39 is 11.7 Å². The van der Waals surface area contributed by atoms with E-state index in [-0.39, 0.29) is 23.1 Å². The number of hydrogen-bond acceptors (Lipinski definition) is 5. The van der Waals surface area contributed by atoms with Gasteiger partial charge in [-0.1, -0.05) is 28.9 Å². The second-order valence-electron chi connectivity index (χ2n) is 4.82. The molecule has 0 unspecified atom stereocenters. The SMILES string of the molecule is CCOc1cc(/C=N/O)cc(Cl)c1OCC(=O)Nc1ccccc1F. The maximum atomic E-state index is 13.5. The van der Waals surface area contributed by atoms with Gasteiger partial charge in [-0.15, -0.1) is 0 Å². The van der Waals surface area contributed by atoms with Gasteiger partial charge < -0.3 is 20.0 Å². The summed E-state index contributed by atoms with van der Waals surface area (Å²) in [5.41, 5.74) is 0.556. The Kier molecular flexibility index (Phi) is 6.59. The lowest BCUT2D eigenvalue weighted by Gasteiger charge is -2.14. The van der Waals surface area contributed by atoms with Crippen LogP contribution in [0.25, 0.3) is 0 Å². The summed E-state index contributed by atoms with van der Waals surface area (Å²) in [7, 11) is 0. The molecule has 2 N–H and O–H groups in total. The van der Waals surface area contributed by atoms with E-state index in [0.717, 1.165) is 0 Å². The Bertz CT molecular complexity index is 783. The van der Waals surface area contributed by atoms with Crippen LogP contribution in [0.15, 0.2) is 41.6 Å². The highest BCUT2D eigenvalue weighted by molar-refractivity contribution is 6.32. The number of ether oxygens (including phenoxy) is 2. The number of amides is 1. The number of hydrogen-bond donors (Lipinski definition) is 2. The fourth-order valence-electron chi connectivity index (χ4n) is 2.02. The Balaban J connectivity index is 2.11. The van der Waals surface area contributed by atoms with Gasteiger partial charge in [-0.2, -0.15) is 0 Å². The molecule has 0 aromatic heterocycles. The number of oxime groups is 1. The van der Waals surface area contributed by atoms with Gasteiger partial charge in [0.25, 0.3) is 5.91 Å². The Labute approximate surface area is 148 Å². The van der Waals surface area contributed by atoms with Gasteiger partial charge in [-0.3, -0.25) is 4.79 Å². The number of nitrogens with zero attached hydrogens (tertiary/aromatic N) is 1. The van der Waals surface area contributed by atoms with Gasteiger partial charge in [-0.05, 0) is 31.2 Å². The first-order valence-electron chi connectivity index (χ1n) is 7.36. The zero-order valence-electron chi connectivity index (χ0n) is 13.3. The monoisotopic (exact) mass is 366 g/mol. The van der Waals surface area contributed by atoms with Gasteiger partial charge >= 0.3 is 0 Å². The topological polar surface area (TPSA) is 80.2 Å². The summed E-state index contributed by atoms with van der Waals surface area (Å²) in [4.78, 5) is 11.9. The third-order valence-corrected chi connectivity index (χ3v) is 3.31. The average Bonchev–Trinajstić information content (AvgIpc) is 2.57. The summed E-state index contributed by atoms with van der Waals surface area (Å²) >= 11 is 6.13. The molecule has 0 atom stereocenters. The molecular weight excluding hydrogens is 351 g/mol. The van der Waals surface area contributed by atoms with Crippen molar-refractivity contribution in [2.45, 2.75) is 6.92 Å². The number of carbonyl (C=O) groups excluding carboxylic acids is 1. The average molecular weight is 367 g/mol. The Morgan fingerprint density at radius 3 is 2.80 bits per heavy atom. The van der Waals surface area contributed by atoms with E-state index in [1.54, 1.807) is 19.1 Å². The smallest absolute Gasteiger partial charge is 0.262 e. The first-order chi connectivity index (χ1) is 12.0. The van der Waals surface area contributed by atoms with E-state index in [1.807, 2.05) is 0 Å². The summed E-state index contributed by atoms with van der Waals surface area (Å²) in [5, 5.41) is 14.1. The van der Waals surface area contributed by atoms with Crippen molar-refractivity contribution in [3.8, 4) is 11.5 Å². The predicted octanol–water partition coefficient (Wildman–Crippen LogP) is 3.70. The normalized spacial score (nSPS) is 10.7. The minimum atomic E-state index is -0.551. The number of nitrogens with one attached hydrogen (secondary N) is 1. The molecule has 0 radical (unpaired) electrons. The van der Waals surface area contributed by atoms with Crippen LogP contribution in [0.2, 0.25) is 5.02 Å². The van der Waals surface area contributed by atoms with E-state index in [4.69, 9.17) is 26.3 Å². The van der Waals surface area contributed by atoms with Crippen molar-refractivity contribution in [1.29, 1.82) is 0 Å². The Hall–Kier alpha value is -2.80. The molecule has 0 bridgehead atoms. The van der Waals surface area contributed by atoms with Crippen LogP contribution in [0.4, 0.5) is 10.1 Å². The molecular formula is C17H16ClFN2O4. The first-order valence-corrected chi connectivity index (χ1v) is 7.74. The van der Waals surface area contributed by atoms with E-state index in [1.165, 1.54) is 30.5 Å². The van der Waals surface area contributed by atoms with Gasteiger partial charge in [0, 0.05) is 5.56 Å². The van der Waals surface area contributed by atoms with Gasteiger partial charge in [0.2, 0.25) is 0 Å². The van der Waals surface area contributed by atoms with E-state index in [9.17, 15) is 9.18 Å². The van der Waals surface area contributed by atoms with Crippen LogP contribution in [-0.4, -0.2) is 30.5 Å². The summed E-state index contributed by atoms with van der Waals surface area (Å²) in [5.74, 6) is -0.632. The molecule has 2 aromatic rings. The van der Waals surface area contributed by atoms with Crippen LogP contribution < -0.4 is 14.8 Å². The molecule has 0 heterocycles. The largest absolute Gasteiger partial charge is 0.490 e. The van der Waals surface area contributed by atoms with Crippen LogP contribution in [0, 0.1) is 5.82 Å². The molecule has 1 amide bonds. The number of rotatable bonds is 7. The molecule has 2 aromatic carbocycles. The molecule has 0 aliphatic carbocycles. The maximum Gasteiger partial charge on any atom is 0.262 e. The number of benzene rings is 2. The molecule has 0 saturated heterocycles. The standard InChI is InChI=1S/C17H16ClFN2O4/c1-2-24-15-8-11(9-20-23)7-12(18)17(15)25-10-16(22)21-14-6-4-3-5-13(14)19/h3-9,23H,2,10H2,1H3,(H,21,22)/b20-9+. The maximum absolute atomic E-state index is 13.5. The summed E-state index contributed by atoms with van der Waals surface area (Å²) in [6.07, 6.45) is 1.18. The Morgan fingerprint density at radius 2 is 2.12 bits per heavy atom. The number of halogens is 2. The minimum Gasteiger partial charge on any atom is -0.490 e.